The molecule has 1 fully saturated rings. The Morgan fingerprint density at radius 1 is 1.32 bits per heavy atom. The van der Waals surface area contributed by atoms with E-state index in [0.717, 1.165) is 5.56 Å². The van der Waals surface area contributed by atoms with Crippen LogP contribution in [0.25, 0.3) is 0 Å². The van der Waals surface area contributed by atoms with Gasteiger partial charge in [0.05, 0.1) is 6.04 Å². The predicted molar refractivity (Wildman–Crippen MR) is 88.9 cm³/mol. The number of carbonyl (C=O) groups excluding carboxylic acids is 2. The average Bonchev–Trinajstić information content (AvgIpc) is 2.79. The van der Waals surface area contributed by atoms with Crippen molar-refractivity contribution in [2.75, 3.05) is 6.54 Å². The third kappa shape index (κ3) is 4.21. The molecule has 0 spiro atoms. The summed E-state index contributed by atoms with van der Waals surface area (Å²) in [5.41, 5.74) is 6.91. The first-order valence-electron chi connectivity index (χ1n) is 7.21. The highest BCUT2D eigenvalue weighted by Gasteiger charge is 2.36. The fourth-order valence-electron chi connectivity index (χ4n) is 2.51. The van der Waals surface area contributed by atoms with Gasteiger partial charge in [-0.25, -0.2) is 0 Å². The van der Waals surface area contributed by atoms with Gasteiger partial charge in [0.1, 0.15) is 0 Å². The van der Waals surface area contributed by atoms with Crippen molar-refractivity contribution in [3.05, 3.63) is 35.4 Å². The zero-order valence-corrected chi connectivity index (χ0v) is 14.1. The lowest BCUT2D eigenvalue weighted by Gasteiger charge is -2.32. The van der Waals surface area contributed by atoms with Gasteiger partial charge in [-0.2, -0.15) is 0 Å². The number of carbonyl (C=O) groups is 2. The second-order valence-electron chi connectivity index (χ2n) is 6.45. The van der Waals surface area contributed by atoms with E-state index in [2.05, 4.69) is 5.32 Å². The smallest absolute Gasteiger partial charge is 0.251 e. The van der Waals surface area contributed by atoms with Crippen LogP contribution in [0, 0.1) is 0 Å². The van der Waals surface area contributed by atoms with Crippen LogP contribution in [0.5, 0.6) is 0 Å². The van der Waals surface area contributed by atoms with Gasteiger partial charge in [0.25, 0.3) is 5.91 Å². The molecule has 2 amide bonds. The Bertz CT molecular complexity index is 537. The first-order valence-corrected chi connectivity index (χ1v) is 7.21. The van der Waals surface area contributed by atoms with Crippen molar-refractivity contribution < 1.29 is 9.59 Å². The van der Waals surface area contributed by atoms with Crippen molar-refractivity contribution in [2.24, 2.45) is 5.73 Å². The zero-order valence-electron chi connectivity index (χ0n) is 13.3. The van der Waals surface area contributed by atoms with Gasteiger partial charge in [-0.1, -0.05) is 12.1 Å². The molecule has 122 valence electrons. The zero-order chi connectivity index (χ0) is 15.6. The standard InChI is InChI=1S/C16H23N3O2.ClH/c1-16(2,3)19-10-13(8-14(19)20)18-15(21)12-6-4-11(9-17)5-7-12;/h4-7,13H,8-10,17H2,1-3H3,(H,18,21);1H. The fourth-order valence-corrected chi connectivity index (χ4v) is 2.51. The van der Waals surface area contributed by atoms with Crippen LogP contribution in [0.1, 0.15) is 43.1 Å². The summed E-state index contributed by atoms with van der Waals surface area (Å²) in [4.78, 5) is 26.0. The maximum Gasteiger partial charge on any atom is 0.251 e. The molecule has 1 saturated heterocycles. The number of rotatable bonds is 3. The SMILES string of the molecule is CC(C)(C)N1CC(NC(=O)c2ccc(CN)cc2)CC1=O.Cl. The van der Waals surface area contributed by atoms with Crippen molar-refractivity contribution >= 4 is 24.2 Å². The number of hydrogen-bond donors (Lipinski definition) is 2. The van der Waals surface area contributed by atoms with Gasteiger partial charge in [-0.05, 0) is 38.5 Å². The lowest BCUT2D eigenvalue weighted by molar-refractivity contribution is -0.131. The number of halogens is 1. The Morgan fingerprint density at radius 3 is 2.36 bits per heavy atom. The minimum Gasteiger partial charge on any atom is -0.347 e. The van der Waals surface area contributed by atoms with E-state index in [1.165, 1.54) is 0 Å². The van der Waals surface area contributed by atoms with Crippen LogP contribution < -0.4 is 11.1 Å². The van der Waals surface area contributed by atoms with Crippen molar-refractivity contribution in [1.29, 1.82) is 0 Å². The third-order valence-corrected chi connectivity index (χ3v) is 3.72. The number of amides is 2. The molecular formula is C16H24ClN3O2. The van der Waals surface area contributed by atoms with Crippen LogP contribution in [-0.4, -0.2) is 34.8 Å². The first-order chi connectivity index (χ1) is 9.81. The largest absolute Gasteiger partial charge is 0.347 e. The van der Waals surface area contributed by atoms with E-state index in [-0.39, 0.29) is 35.8 Å². The summed E-state index contributed by atoms with van der Waals surface area (Å²) in [6, 6.07) is 7.08. The lowest BCUT2D eigenvalue weighted by atomic mass is 10.1. The molecule has 6 heteroatoms. The summed E-state index contributed by atoms with van der Waals surface area (Å²) in [7, 11) is 0. The average molecular weight is 326 g/mol. The maximum atomic E-state index is 12.2. The van der Waals surface area contributed by atoms with Crippen molar-refractivity contribution in [2.45, 2.75) is 45.3 Å². The Kier molecular flexibility index (Phi) is 5.97. The predicted octanol–water partition coefficient (Wildman–Crippen LogP) is 1.70. The quantitative estimate of drug-likeness (QED) is 0.888. The highest BCUT2D eigenvalue weighted by Crippen LogP contribution is 2.22. The molecule has 1 heterocycles. The molecule has 0 aromatic heterocycles. The molecule has 2 rings (SSSR count). The van der Waals surface area contributed by atoms with Crippen molar-refractivity contribution in [3.63, 3.8) is 0 Å². The summed E-state index contributed by atoms with van der Waals surface area (Å²) in [5.74, 6) is -0.0570. The molecule has 1 aliphatic heterocycles. The monoisotopic (exact) mass is 325 g/mol. The van der Waals surface area contributed by atoms with Gasteiger partial charge in [0.15, 0.2) is 0 Å². The first kappa shape index (κ1) is 18.5. The van der Waals surface area contributed by atoms with E-state index in [9.17, 15) is 9.59 Å². The van der Waals surface area contributed by atoms with Gasteiger partial charge in [0.2, 0.25) is 5.91 Å². The Labute approximate surface area is 137 Å². The van der Waals surface area contributed by atoms with Gasteiger partial charge in [-0.15, -0.1) is 12.4 Å². The summed E-state index contributed by atoms with van der Waals surface area (Å²) < 4.78 is 0. The van der Waals surface area contributed by atoms with Gasteiger partial charge >= 0.3 is 0 Å². The molecule has 1 unspecified atom stereocenters. The third-order valence-electron chi connectivity index (χ3n) is 3.72. The molecule has 1 aromatic rings. The number of benzene rings is 1. The molecule has 5 nitrogen and oxygen atoms in total. The van der Waals surface area contributed by atoms with Crippen LogP contribution in [0.3, 0.4) is 0 Å². The maximum absolute atomic E-state index is 12.2. The van der Waals surface area contributed by atoms with Crippen molar-refractivity contribution in [3.8, 4) is 0 Å². The molecule has 0 radical (unpaired) electrons. The van der Waals surface area contributed by atoms with E-state index in [1.54, 1.807) is 12.1 Å². The minimum absolute atomic E-state index is 0. The number of hydrogen-bond acceptors (Lipinski definition) is 3. The number of likely N-dealkylation sites (tertiary alicyclic amines) is 1. The summed E-state index contributed by atoms with van der Waals surface area (Å²) in [5, 5.41) is 2.93. The second-order valence-corrected chi connectivity index (χ2v) is 6.45. The topological polar surface area (TPSA) is 75.4 Å². The van der Waals surface area contributed by atoms with E-state index in [4.69, 9.17) is 5.73 Å². The fraction of sp³-hybridized carbons (Fsp3) is 0.500. The molecule has 1 aliphatic rings. The van der Waals surface area contributed by atoms with Crippen LogP contribution in [0.15, 0.2) is 24.3 Å². The van der Waals surface area contributed by atoms with Crippen LogP contribution in [-0.2, 0) is 11.3 Å². The molecule has 1 atom stereocenters. The van der Waals surface area contributed by atoms with Crippen molar-refractivity contribution in [1.82, 2.24) is 10.2 Å². The van der Waals surface area contributed by atoms with E-state index >= 15 is 0 Å². The van der Waals surface area contributed by atoms with Gasteiger partial charge < -0.3 is 16.0 Å². The molecule has 0 saturated carbocycles. The molecule has 1 aromatic carbocycles. The summed E-state index contributed by atoms with van der Waals surface area (Å²) in [6.45, 7) is 7.02. The summed E-state index contributed by atoms with van der Waals surface area (Å²) in [6.07, 6.45) is 0.365. The van der Waals surface area contributed by atoms with Crippen LogP contribution in [0.2, 0.25) is 0 Å². The van der Waals surface area contributed by atoms with Gasteiger partial charge in [-0.3, -0.25) is 9.59 Å². The number of nitrogens with one attached hydrogen (secondary N) is 1. The number of nitrogens with two attached hydrogens (primary N) is 1. The normalized spacial score (nSPS) is 18.1. The van der Waals surface area contributed by atoms with Crippen LogP contribution >= 0.6 is 12.4 Å². The Hall–Kier alpha value is -1.59. The number of nitrogens with zero attached hydrogens (tertiary/aromatic N) is 1. The second kappa shape index (κ2) is 7.11. The Morgan fingerprint density at radius 2 is 1.91 bits per heavy atom. The molecule has 0 aliphatic carbocycles. The van der Waals surface area contributed by atoms with Crippen LogP contribution in [0.4, 0.5) is 0 Å². The lowest BCUT2D eigenvalue weighted by Crippen LogP contribution is -2.44. The van der Waals surface area contributed by atoms with E-state index in [1.807, 2.05) is 37.8 Å². The Balaban J connectivity index is 0.00000242. The summed E-state index contributed by atoms with van der Waals surface area (Å²) >= 11 is 0. The molecular weight excluding hydrogens is 302 g/mol. The highest BCUT2D eigenvalue weighted by atomic mass is 35.5. The molecule has 22 heavy (non-hydrogen) atoms. The van der Waals surface area contributed by atoms with E-state index in [0.29, 0.717) is 25.1 Å². The van der Waals surface area contributed by atoms with E-state index < -0.39 is 0 Å². The molecule has 0 bridgehead atoms. The highest BCUT2D eigenvalue weighted by molar-refractivity contribution is 5.95. The molecule has 3 N–H and O–H groups in total. The minimum atomic E-state index is -0.209. The van der Waals surface area contributed by atoms with Gasteiger partial charge in [0, 0.05) is 30.6 Å².